The molecule has 0 heterocycles. The summed E-state index contributed by atoms with van der Waals surface area (Å²) in [6.07, 6.45) is 1.44. The second-order valence-electron chi connectivity index (χ2n) is 5.60. The van der Waals surface area contributed by atoms with Gasteiger partial charge in [0, 0.05) is 0 Å². The Morgan fingerprint density at radius 2 is 0.412 bits per heavy atom. The molecule has 0 unspecified atom stereocenters. The molecule has 0 aromatic rings. The molecule has 0 heteroatoms. The highest BCUT2D eigenvalue weighted by Crippen LogP contribution is 1.91. The van der Waals surface area contributed by atoms with Gasteiger partial charge in [0.2, 0.25) is 0 Å². The molecule has 146 valence electrons. The fraction of sp³-hybridized carbons (Fsp3) is 0.176. The van der Waals surface area contributed by atoms with Crippen molar-refractivity contribution in [3.05, 3.63) is 0 Å². The topological polar surface area (TPSA) is 0 Å². The summed E-state index contributed by atoms with van der Waals surface area (Å²) >= 11 is 0. The van der Waals surface area contributed by atoms with E-state index in [2.05, 4.69) is 166 Å². The monoisotopic (exact) mass is 418 g/mol. The van der Waals surface area contributed by atoms with Gasteiger partial charge in [-0.3, -0.25) is 0 Å². The van der Waals surface area contributed by atoms with Crippen molar-refractivity contribution in [2.45, 2.75) is 25.7 Å². The molecular weight excluding hydrogens is 408 g/mol. The maximum Gasteiger partial charge on any atom is 0.144 e. The lowest BCUT2D eigenvalue weighted by atomic mass is 10.1. The fourth-order valence-electron chi connectivity index (χ4n) is 1.75. The zero-order valence-electron chi connectivity index (χ0n) is 18.0. The Bertz CT molecular complexity index is 1480. The lowest BCUT2D eigenvalue weighted by Crippen LogP contribution is -1.89. The first kappa shape index (κ1) is 24.1. The third-order valence-corrected chi connectivity index (χ3v) is 3.15. The maximum atomic E-state index is 2.90. The first-order valence-electron chi connectivity index (χ1n) is 9.81. The molecule has 0 saturated carbocycles. The average molecular weight is 418 g/mol. The predicted octanol–water partition coefficient (Wildman–Crippen LogP) is 1.85. The van der Waals surface area contributed by atoms with Crippen molar-refractivity contribution in [3.8, 4) is 166 Å². The van der Waals surface area contributed by atoms with Gasteiger partial charge in [-0.1, -0.05) is 82.9 Å². The smallest absolute Gasteiger partial charge is 0.0760 e. The Kier molecular flexibility index (Phi) is 12.5. The molecular formula is C34H10. The Hall–Kier alpha value is -6.16. The highest BCUT2D eigenvalue weighted by atomic mass is 13.9. The third-order valence-electron chi connectivity index (χ3n) is 3.15. The van der Waals surface area contributed by atoms with Crippen LogP contribution in [0.4, 0.5) is 0 Å². The minimum atomic E-state index is -0.574. The molecule has 0 aromatic carbocycles. The van der Waals surface area contributed by atoms with Crippen LogP contribution in [-0.4, -0.2) is 0 Å². The van der Waals surface area contributed by atoms with Crippen molar-refractivity contribution in [3.63, 3.8) is 0 Å². The standard InChI is InChI=1S/C34H10/c1-2-6-10-14-18-22-28-34-30-24-20-16-12-8-4-3-7-11-15-19-23-29-33(31-25-26-32-34)27-21-17-13-9-5-1/h33-34H,9-12H2. The summed E-state index contributed by atoms with van der Waals surface area (Å²) < 4.78 is 0. The molecule has 2 aliphatic carbocycles. The van der Waals surface area contributed by atoms with Crippen LogP contribution in [-0.2, 0) is 0 Å². The highest BCUT2D eigenvalue weighted by Gasteiger charge is 1.93. The largest absolute Gasteiger partial charge is 0.144 e. The van der Waals surface area contributed by atoms with Crippen LogP contribution in [0.1, 0.15) is 25.7 Å². The van der Waals surface area contributed by atoms with Gasteiger partial charge in [0.15, 0.2) is 0 Å². The van der Waals surface area contributed by atoms with Crippen LogP contribution in [0, 0.1) is 178 Å². The van der Waals surface area contributed by atoms with Crippen LogP contribution in [0.5, 0.6) is 0 Å². The van der Waals surface area contributed by atoms with Crippen molar-refractivity contribution in [1.82, 2.24) is 0 Å². The molecule has 0 spiro atoms. The van der Waals surface area contributed by atoms with Crippen LogP contribution in [0.2, 0.25) is 0 Å². The van der Waals surface area contributed by atoms with E-state index < -0.39 is 11.8 Å². The molecule has 2 bridgehead atoms. The number of fused-ring (bicyclic) bond motifs is 3. The SMILES string of the molecule is C1#CCC#CC#CC2C#CC#CCC#CC#CCC#CC#CC(C#CC#CCC#C1)C#CC#C2. The van der Waals surface area contributed by atoms with E-state index >= 15 is 0 Å². The van der Waals surface area contributed by atoms with Gasteiger partial charge in [0.25, 0.3) is 0 Å². The quantitative estimate of drug-likeness (QED) is 0.527. The normalized spacial score (nSPS) is 15.8. The van der Waals surface area contributed by atoms with Gasteiger partial charge in [0.05, 0.1) is 25.7 Å². The maximum absolute atomic E-state index is 2.90. The van der Waals surface area contributed by atoms with E-state index in [1.165, 1.54) is 0 Å². The van der Waals surface area contributed by atoms with Crippen molar-refractivity contribution in [2.75, 3.05) is 0 Å². The van der Waals surface area contributed by atoms with Crippen molar-refractivity contribution in [2.24, 2.45) is 11.8 Å². The van der Waals surface area contributed by atoms with Gasteiger partial charge in [-0.05, 0) is 82.9 Å². The van der Waals surface area contributed by atoms with E-state index in [0.717, 1.165) is 0 Å². The van der Waals surface area contributed by atoms with E-state index in [1.54, 1.807) is 0 Å². The summed E-state index contributed by atoms with van der Waals surface area (Å²) in [5.74, 6) is 77.2. The summed E-state index contributed by atoms with van der Waals surface area (Å²) in [6.45, 7) is 0. The minimum absolute atomic E-state index is 0.359. The van der Waals surface area contributed by atoms with Crippen LogP contribution in [0.3, 0.4) is 0 Å². The van der Waals surface area contributed by atoms with E-state index in [9.17, 15) is 0 Å². The molecule has 0 aliphatic heterocycles. The molecule has 2 rings (SSSR count). The van der Waals surface area contributed by atoms with E-state index in [4.69, 9.17) is 0 Å². The van der Waals surface area contributed by atoms with Gasteiger partial charge in [-0.15, -0.1) is 0 Å². The van der Waals surface area contributed by atoms with Crippen LogP contribution in [0.15, 0.2) is 0 Å². The second-order valence-corrected chi connectivity index (χ2v) is 5.60. The molecule has 0 saturated heterocycles. The molecule has 0 aromatic heterocycles. The van der Waals surface area contributed by atoms with Crippen molar-refractivity contribution >= 4 is 0 Å². The predicted molar refractivity (Wildman–Crippen MR) is 134 cm³/mol. The molecule has 0 N–H and O–H groups in total. The first-order valence-corrected chi connectivity index (χ1v) is 9.81. The zero-order chi connectivity index (χ0) is 23.8. The summed E-state index contributed by atoms with van der Waals surface area (Å²) in [5, 5.41) is 0. The van der Waals surface area contributed by atoms with Crippen LogP contribution < -0.4 is 0 Å². The molecule has 0 fully saturated rings. The Labute approximate surface area is 203 Å². The number of hydrogen-bond acceptors (Lipinski definition) is 0. The van der Waals surface area contributed by atoms with Crippen molar-refractivity contribution < 1.29 is 0 Å². The third kappa shape index (κ3) is 13.1. The molecule has 0 nitrogen and oxygen atoms in total. The van der Waals surface area contributed by atoms with E-state index in [1.807, 2.05) is 0 Å². The zero-order valence-corrected chi connectivity index (χ0v) is 18.0. The average Bonchev–Trinajstić information content (AvgIpc) is 2.84. The summed E-state index contributed by atoms with van der Waals surface area (Å²) in [7, 11) is 0. The Morgan fingerprint density at radius 3 is 0.647 bits per heavy atom. The van der Waals surface area contributed by atoms with Crippen LogP contribution in [0.25, 0.3) is 0 Å². The van der Waals surface area contributed by atoms with E-state index in [0.29, 0.717) is 25.7 Å². The molecule has 0 amide bonds. The van der Waals surface area contributed by atoms with Gasteiger partial charge in [-0.2, -0.15) is 0 Å². The molecule has 2 aliphatic rings. The minimum Gasteiger partial charge on any atom is -0.0760 e. The summed E-state index contributed by atoms with van der Waals surface area (Å²) in [6, 6.07) is 0. The molecule has 0 radical (unpaired) electrons. The first-order chi connectivity index (χ1) is 16.9. The lowest BCUT2D eigenvalue weighted by Gasteiger charge is -1.87. The Balaban J connectivity index is 2.49. The second kappa shape index (κ2) is 17.7. The fourth-order valence-corrected chi connectivity index (χ4v) is 1.75. The van der Waals surface area contributed by atoms with Gasteiger partial charge >= 0.3 is 0 Å². The van der Waals surface area contributed by atoms with Gasteiger partial charge in [0.1, 0.15) is 11.8 Å². The van der Waals surface area contributed by atoms with Gasteiger partial charge < -0.3 is 0 Å². The lowest BCUT2D eigenvalue weighted by molar-refractivity contribution is 1.23. The summed E-state index contributed by atoms with van der Waals surface area (Å²) in [4.78, 5) is 0. The van der Waals surface area contributed by atoms with Crippen molar-refractivity contribution in [1.29, 1.82) is 0 Å². The van der Waals surface area contributed by atoms with Crippen LogP contribution >= 0.6 is 0 Å². The molecule has 0 atom stereocenters. The summed E-state index contributed by atoms with van der Waals surface area (Å²) in [5.41, 5.74) is 0. The molecule has 34 heavy (non-hydrogen) atoms. The van der Waals surface area contributed by atoms with E-state index in [-0.39, 0.29) is 0 Å². The number of rotatable bonds is 0. The highest BCUT2D eigenvalue weighted by molar-refractivity contribution is 5.45. The Morgan fingerprint density at radius 1 is 0.235 bits per heavy atom. The number of hydrogen-bond donors (Lipinski definition) is 0. The van der Waals surface area contributed by atoms with Gasteiger partial charge in [-0.25, -0.2) is 0 Å².